The van der Waals surface area contributed by atoms with E-state index in [4.69, 9.17) is 5.73 Å². The van der Waals surface area contributed by atoms with E-state index < -0.39 is 10.0 Å². The third-order valence-electron chi connectivity index (χ3n) is 3.56. The lowest BCUT2D eigenvalue weighted by Crippen LogP contribution is -2.29. The molecule has 2 rings (SSSR count). The number of carbonyl (C=O) groups is 1. The first-order chi connectivity index (χ1) is 12.4. The fourth-order valence-corrected chi connectivity index (χ4v) is 4.07. The molecule has 148 valence electrons. The molecule has 1 atom stereocenters. The standard InChI is InChI=1S/C18H23N3O3S2.ClH/c1-14(25-13-15-6-3-2-4-7-15)18(22)21-16-8-5-9-17(12-16)26(23,24)20-11-10-19;/h2-9,12,14,20H,10-11,13,19H2,1H3,(H,21,22);1H. The van der Waals surface area contributed by atoms with E-state index in [1.165, 1.54) is 23.9 Å². The Bertz CT molecular complexity index is 833. The summed E-state index contributed by atoms with van der Waals surface area (Å²) in [7, 11) is -3.63. The largest absolute Gasteiger partial charge is 0.329 e. The number of benzene rings is 2. The van der Waals surface area contributed by atoms with Gasteiger partial charge < -0.3 is 11.1 Å². The van der Waals surface area contributed by atoms with Gasteiger partial charge in [-0.05, 0) is 30.7 Å². The minimum absolute atomic E-state index is 0. The van der Waals surface area contributed by atoms with E-state index in [9.17, 15) is 13.2 Å². The number of hydrogen-bond donors (Lipinski definition) is 3. The van der Waals surface area contributed by atoms with Crippen molar-refractivity contribution in [1.82, 2.24) is 4.72 Å². The average Bonchev–Trinajstić information content (AvgIpc) is 2.65. The van der Waals surface area contributed by atoms with E-state index in [0.29, 0.717) is 5.69 Å². The van der Waals surface area contributed by atoms with Crippen molar-refractivity contribution in [2.75, 3.05) is 18.4 Å². The highest BCUT2D eigenvalue weighted by Crippen LogP contribution is 2.20. The summed E-state index contributed by atoms with van der Waals surface area (Å²) in [5, 5.41) is 2.50. The normalized spacial score (nSPS) is 12.1. The van der Waals surface area contributed by atoms with Crippen LogP contribution in [0.15, 0.2) is 59.5 Å². The Hall–Kier alpha value is -1.58. The first-order valence-corrected chi connectivity index (χ1v) is 10.7. The second-order valence-corrected chi connectivity index (χ2v) is 8.74. The number of sulfonamides is 1. The third-order valence-corrected chi connectivity index (χ3v) is 6.23. The van der Waals surface area contributed by atoms with Gasteiger partial charge in [0.1, 0.15) is 0 Å². The molecular formula is C18H24ClN3O3S2. The zero-order valence-electron chi connectivity index (χ0n) is 14.9. The lowest BCUT2D eigenvalue weighted by atomic mass is 10.2. The molecule has 0 aliphatic rings. The number of carbonyl (C=O) groups excluding carboxylic acids is 1. The zero-order valence-corrected chi connectivity index (χ0v) is 17.4. The van der Waals surface area contributed by atoms with E-state index in [-0.39, 0.29) is 41.5 Å². The fraction of sp³-hybridized carbons (Fsp3) is 0.278. The summed E-state index contributed by atoms with van der Waals surface area (Å²) in [6.45, 7) is 2.20. The summed E-state index contributed by atoms with van der Waals surface area (Å²) in [6, 6.07) is 16.1. The van der Waals surface area contributed by atoms with Crippen molar-refractivity contribution in [3.8, 4) is 0 Å². The first-order valence-electron chi connectivity index (χ1n) is 8.18. The van der Waals surface area contributed by atoms with Crippen LogP contribution in [0.2, 0.25) is 0 Å². The van der Waals surface area contributed by atoms with E-state index >= 15 is 0 Å². The van der Waals surface area contributed by atoms with Crippen molar-refractivity contribution in [2.24, 2.45) is 5.73 Å². The van der Waals surface area contributed by atoms with Gasteiger partial charge in [-0.15, -0.1) is 24.2 Å². The highest BCUT2D eigenvalue weighted by atomic mass is 35.5. The van der Waals surface area contributed by atoms with Gasteiger partial charge in [0.15, 0.2) is 0 Å². The molecule has 0 aliphatic carbocycles. The van der Waals surface area contributed by atoms with Crippen molar-refractivity contribution in [1.29, 1.82) is 0 Å². The summed E-state index contributed by atoms with van der Waals surface area (Å²) in [6.07, 6.45) is 0. The van der Waals surface area contributed by atoms with E-state index in [1.807, 2.05) is 37.3 Å². The van der Waals surface area contributed by atoms with Gasteiger partial charge in [-0.3, -0.25) is 4.79 Å². The van der Waals surface area contributed by atoms with E-state index in [1.54, 1.807) is 12.1 Å². The predicted molar refractivity (Wildman–Crippen MR) is 114 cm³/mol. The summed E-state index contributed by atoms with van der Waals surface area (Å²) >= 11 is 1.52. The molecular weight excluding hydrogens is 406 g/mol. The predicted octanol–water partition coefficient (Wildman–Crippen LogP) is 2.61. The monoisotopic (exact) mass is 429 g/mol. The van der Waals surface area contributed by atoms with Crippen LogP contribution in [0.3, 0.4) is 0 Å². The molecule has 0 spiro atoms. The topological polar surface area (TPSA) is 101 Å². The molecule has 2 aromatic rings. The van der Waals surface area contributed by atoms with Gasteiger partial charge in [0, 0.05) is 24.5 Å². The SMILES string of the molecule is CC(SCc1ccccc1)C(=O)Nc1cccc(S(=O)(=O)NCCN)c1.Cl. The maximum Gasteiger partial charge on any atom is 0.240 e. The number of anilines is 1. The van der Waals surface area contributed by atoms with Gasteiger partial charge in [0.2, 0.25) is 15.9 Å². The first kappa shape index (κ1) is 23.5. The molecule has 27 heavy (non-hydrogen) atoms. The van der Waals surface area contributed by atoms with Gasteiger partial charge in [-0.1, -0.05) is 36.4 Å². The third kappa shape index (κ3) is 7.51. The molecule has 0 aliphatic heterocycles. The number of thioether (sulfide) groups is 1. The van der Waals surface area contributed by atoms with Crippen LogP contribution in [0.5, 0.6) is 0 Å². The Morgan fingerprint density at radius 1 is 1.15 bits per heavy atom. The Morgan fingerprint density at radius 3 is 2.52 bits per heavy atom. The molecule has 0 radical (unpaired) electrons. The van der Waals surface area contributed by atoms with Gasteiger partial charge in [0.05, 0.1) is 10.1 Å². The summed E-state index contributed by atoms with van der Waals surface area (Å²) in [4.78, 5) is 12.4. The highest BCUT2D eigenvalue weighted by molar-refractivity contribution is 7.99. The maximum atomic E-state index is 12.4. The second kappa shape index (κ2) is 11.3. The van der Waals surface area contributed by atoms with Crippen LogP contribution in [0.1, 0.15) is 12.5 Å². The maximum absolute atomic E-state index is 12.4. The molecule has 1 amide bonds. The molecule has 6 nitrogen and oxygen atoms in total. The zero-order chi connectivity index (χ0) is 19.0. The molecule has 0 fully saturated rings. The van der Waals surface area contributed by atoms with Crippen molar-refractivity contribution in [2.45, 2.75) is 22.8 Å². The molecule has 1 unspecified atom stereocenters. The molecule has 0 saturated heterocycles. The number of nitrogens with one attached hydrogen (secondary N) is 2. The van der Waals surface area contributed by atoms with Crippen LogP contribution < -0.4 is 15.8 Å². The minimum Gasteiger partial charge on any atom is -0.329 e. The van der Waals surface area contributed by atoms with Crippen LogP contribution in [0, 0.1) is 0 Å². The van der Waals surface area contributed by atoms with Crippen LogP contribution in [0.25, 0.3) is 0 Å². The van der Waals surface area contributed by atoms with Crippen molar-refractivity contribution in [3.63, 3.8) is 0 Å². The quantitative estimate of drug-likeness (QED) is 0.568. The van der Waals surface area contributed by atoms with E-state index in [2.05, 4.69) is 10.0 Å². The summed E-state index contributed by atoms with van der Waals surface area (Å²) < 4.78 is 26.7. The average molecular weight is 430 g/mol. The Kier molecular flexibility index (Phi) is 9.82. The van der Waals surface area contributed by atoms with Gasteiger partial charge >= 0.3 is 0 Å². The van der Waals surface area contributed by atoms with E-state index in [0.717, 1.165) is 11.3 Å². The van der Waals surface area contributed by atoms with Crippen LogP contribution in [-0.4, -0.2) is 32.7 Å². The van der Waals surface area contributed by atoms with Crippen LogP contribution in [-0.2, 0) is 20.6 Å². The minimum atomic E-state index is -3.63. The molecule has 0 bridgehead atoms. The van der Waals surface area contributed by atoms with Gasteiger partial charge in [-0.2, -0.15) is 0 Å². The summed E-state index contributed by atoms with van der Waals surface area (Å²) in [5.74, 6) is 0.558. The fourth-order valence-electron chi connectivity index (χ4n) is 2.13. The van der Waals surface area contributed by atoms with Gasteiger partial charge in [-0.25, -0.2) is 13.1 Å². The van der Waals surface area contributed by atoms with Crippen molar-refractivity contribution < 1.29 is 13.2 Å². The Labute approximate surface area is 170 Å². The number of hydrogen-bond acceptors (Lipinski definition) is 5. The molecule has 2 aromatic carbocycles. The molecule has 4 N–H and O–H groups in total. The summed E-state index contributed by atoms with van der Waals surface area (Å²) in [5.41, 5.74) is 6.92. The number of rotatable bonds is 9. The smallest absolute Gasteiger partial charge is 0.240 e. The van der Waals surface area contributed by atoms with Crippen LogP contribution in [0.4, 0.5) is 5.69 Å². The molecule has 0 saturated carbocycles. The second-order valence-electron chi connectivity index (χ2n) is 5.64. The number of amides is 1. The highest BCUT2D eigenvalue weighted by Gasteiger charge is 2.16. The lowest BCUT2D eigenvalue weighted by Gasteiger charge is -2.13. The number of nitrogens with two attached hydrogens (primary N) is 1. The Balaban J connectivity index is 0.00000364. The van der Waals surface area contributed by atoms with Gasteiger partial charge in [0.25, 0.3) is 0 Å². The van der Waals surface area contributed by atoms with Crippen molar-refractivity contribution in [3.05, 3.63) is 60.2 Å². The van der Waals surface area contributed by atoms with Crippen molar-refractivity contribution >= 4 is 45.8 Å². The molecule has 0 heterocycles. The Morgan fingerprint density at radius 2 is 1.85 bits per heavy atom. The molecule has 0 aromatic heterocycles. The number of halogens is 1. The van der Waals surface area contributed by atoms with Crippen LogP contribution >= 0.6 is 24.2 Å². The molecule has 9 heteroatoms. The lowest BCUT2D eigenvalue weighted by molar-refractivity contribution is -0.115.